The van der Waals surface area contributed by atoms with Gasteiger partial charge in [0.25, 0.3) is 5.91 Å². The third-order valence-corrected chi connectivity index (χ3v) is 3.50. The maximum Gasteiger partial charge on any atom is 0.276 e. The van der Waals surface area contributed by atoms with Gasteiger partial charge < -0.3 is 10.6 Å². The summed E-state index contributed by atoms with van der Waals surface area (Å²) in [6.45, 7) is 5.69. The number of nitrogens with two attached hydrogens (primary N) is 1. The summed E-state index contributed by atoms with van der Waals surface area (Å²) in [6, 6.07) is 0. The van der Waals surface area contributed by atoms with Crippen LogP contribution >= 0.6 is 0 Å². The lowest BCUT2D eigenvalue weighted by Crippen LogP contribution is -2.32. The molecule has 1 fully saturated rings. The van der Waals surface area contributed by atoms with Crippen molar-refractivity contribution in [2.75, 3.05) is 18.8 Å². The highest BCUT2D eigenvalue weighted by molar-refractivity contribution is 5.97. The van der Waals surface area contributed by atoms with E-state index in [1.807, 2.05) is 11.8 Å². The van der Waals surface area contributed by atoms with Gasteiger partial charge >= 0.3 is 0 Å². The molecule has 94 valence electrons. The average Bonchev–Trinajstić information content (AvgIpc) is 2.53. The Morgan fingerprint density at radius 2 is 2.24 bits per heavy atom. The molecule has 2 rings (SSSR count). The molecule has 0 saturated carbocycles. The molecule has 1 aromatic heterocycles. The van der Waals surface area contributed by atoms with E-state index in [-0.39, 0.29) is 5.91 Å². The number of aromatic amines is 1. The summed E-state index contributed by atoms with van der Waals surface area (Å²) in [4.78, 5) is 14.1. The number of H-pyrrole nitrogens is 1. The van der Waals surface area contributed by atoms with Gasteiger partial charge in [0.1, 0.15) is 0 Å². The quantitative estimate of drug-likeness (QED) is 0.777. The van der Waals surface area contributed by atoms with E-state index >= 15 is 0 Å². The summed E-state index contributed by atoms with van der Waals surface area (Å²) in [5, 5.41) is 6.76. The summed E-state index contributed by atoms with van der Waals surface area (Å²) in [6.07, 6.45) is 3.32. The Hall–Kier alpha value is -1.52. The molecule has 1 aromatic rings. The van der Waals surface area contributed by atoms with Gasteiger partial charge in [0.05, 0.1) is 11.4 Å². The fourth-order valence-corrected chi connectivity index (χ4v) is 2.22. The van der Waals surface area contributed by atoms with Crippen molar-refractivity contribution in [1.82, 2.24) is 15.1 Å². The number of aromatic nitrogens is 2. The number of nitrogens with zero attached hydrogens (tertiary/aromatic N) is 2. The van der Waals surface area contributed by atoms with Crippen molar-refractivity contribution < 1.29 is 4.79 Å². The summed E-state index contributed by atoms with van der Waals surface area (Å²) >= 11 is 0. The Morgan fingerprint density at radius 1 is 1.47 bits per heavy atom. The van der Waals surface area contributed by atoms with Gasteiger partial charge in [0.2, 0.25) is 0 Å². The van der Waals surface area contributed by atoms with E-state index in [1.165, 1.54) is 6.42 Å². The smallest absolute Gasteiger partial charge is 0.276 e. The number of aryl methyl sites for hydroxylation is 1. The van der Waals surface area contributed by atoms with Crippen molar-refractivity contribution in [2.24, 2.45) is 5.92 Å². The second-order valence-corrected chi connectivity index (χ2v) is 4.94. The van der Waals surface area contributed by atoms with Crippen LogP contribution in [0, 0.1) is 12.8 Å². The van der Waals surface area contributed by atoms with Crippen molar-refractivity contribution >= 4 is 11.6 Å². The molecule has 0 radical (unpaired) electrons. The second-order valence-electron chi connectivity index (χ2n) is 4.94. The third-order valence-electron chi connectivity index (χ3n) is 3.50. The lowest BCUT2D eigenvalue weighted by atomic mass is 10.0. The molecule has 1 amide bonds. The number of nitrogen functional groups attached to an aromatic ring is 1. The van der Waals surface area contributed by atoms with Crippen LogP contribution in [0.2, 0.25) is 0 Å². The Morgan fingerprint density at radius 3 is 2.88 bits per heavy atom. The van der Waals surface area contributed by atoms with Crippen molar-refractivity contribution in [3.63, 3.8) is 0 Å². The SMILES string of the molecule is Cc1[nH]nc(C(=O)N2CCCC(C)CC2)c1N. The first-order valence-corrected chi connectivity index (χ1v) is 6.19. The first kappa shape index (κ1) is 12.0. The lowest BCUT2D eigenvalue weighted by molar-refractivity contribution is 0.0755. The highest BCUT2D eigenvalue weighted by Gasteiger charge is 2.23. The lowest BCUT2D eigenvalue weighted by Gasteiger charge is -2.19. The first-order chi connectivity index (χ1) is 8.09. The minimum Gasteiger partial charge on any atom is -0.395 e. The van der Waals surface area contributed by atoms with Crippen LogP contribution in [0.3, 0.4) is 0 Å². The Bertz CT molecular complexity index is 413. The summed E-state index contributed by atoms with van der Waals surface area (Å²) in [5.41, 5.74) is 7.45. The van der Waals surface area contributed by atoms with Crippen LogP contribution in [-0.2, 0) is 0 Å². The third kappa shape index (κ3) is 2.43. The molecular formula is C12H20N4O. The fourth-order valence-electron chi connectivity index (χ4n) is 2.22. The zero-order valence-corrected chi connectivity index (χ0v) is 10.5. The van der Waals surface area contributed by atoms with Crippen LogP contribution in [0.1, 0.15) is 42.4 Å². The molecule has 0 bridgehead atoms. The molecule has 5 heteroatoms. The fraction of sp³-hybridized carbons (Fsp3) is 0.667. The van der Waals surface area contributed by atoms with Gasteiger partial charge in [0.15, 0.2) is 5.69 Å². The van der Waals surface area contributed by atoms with Gasteiger partial charge in [-0.3, -0.25) is 9.89 Å². The number of anilines is 1. The van der Waals surface area contributed by atoms with Gasteiger partial charge in [-0.25, -0.2) is 0 Å². The van der Waals surface area contributed by atoms with E-state index in [0.717, 1.165) is 31.6 Å². The van der Waals surface area contributed by atoms with Gasteiger partial charge in [0, 0.05) is 13.1 Å². The normalized spacial score (nSPS) is 21.3. The van der Waals surface area contributed by atoms with E-state index < -0.39 is 0 Å². The monoisotopic (exact) mass is 236 g/mol. The minimum absolute atomic E-state index is 0.0408. The number of hydrogen-bond acceptors (Lipinski definition) is 3. The van der Waals surface area contributed by atoms with Crippen molar-refractivity contribution in [3.8, 4) is 0 Å². The topological polar surface area (TPSA) is 75.0 Å². The molecule has 2 heterocycles. The van der Waals surface area contributed by atoms with Crippen LogP contribution in [0.15, 0.2) is 0 Å². The number of likely N-dealkylation sites (tertiary alicyclic amines) is 1. The molecule has 5 nitrogen and oxygen atoms in total. The minimum atomic E-state index is -0.0408. The zero-order valence-electron chi connectivity index (χ0n) is 10.5. The summed E-state index contributed by atoms with van der Waals surface area (Å²) in [7, 11) is 0. The second kappa shape index (κ2) is 4.77. The molecule has 0 spiro atoms. The number of rotatable bonds is 1. The molecule has 1 unspecified atom stereocenters. The molecule has 1 atom stereocenters. The van der Waals surface area contributed by atoms with Gasteiger partial charge in [-0.2, -0.15) is 5.10 Å². The molecule has 1 saturated heterocycles. The maximum absolute atomic E-state index is 12.3. The molecular weight excluding hydrogens is 216 g/mol. The molecule has 3 N–H and O–H groups in total. The highest BCUT2D eigenvalue weighted by atomic mass is 16.2. The van der Waals surface area contributed by atoms with E-state index in [4.69, 9.17) is 5.73 Å². The van der Waals surface area contributed by atoms with Crippen molar-refractivity contribution in [3.05, 3.63) is 11.4 Å². The Labute approximate surface area is 101 Å². The molecule has 0 aromatic carbocycles. The summed E-state index contributed by atoms with van der Waals surface area (Å²) < 4.78 is 0. The van der Waals surface area contributed by atoms with Gasteiger partial charge in [-0.1, -0.05) is 6.92 Å². The van der Waals surface area contributed by atoms with Crippen LogP contribution in [0.4, 0.5) is 5.69 Å². The number of carbonyl (C=O) groups excluding carboxylic acids is 1. The number of hydrogen-bond donors (Lipinski definition) is 2. The first-order valence-electron chi connectivity index (χ1n) is 6.19. The summed E-state index contributed by atoms with van der Waals surface area (Å²) in [5.74, 6) is 0.659. The Kier molecular flexibility index (Phi) is 3.36. The Balaban J connectivity index is 2.12. The molecule has 0 aliphatic carbocycles. The molecule has 17 heavy (non-hydrogen) atoms. The largest absolute Gasteiger partial charge is 0.395 e. The van der Waals surface area contributed by atoms with Crippen LogP contribution in [-0.4, -0.2) is 34.1 Å². The highest BCUT2D eigenvalue weighted by Crippen LogP contribution is 2.20. The average molecular weight is 236 g/mol. The zero-order chi connectivity index (χ0) is 12.4. The molecule has 1 aliphatic heterocycles. The number of amides is 1. The van der Waals surface area contributed by atoms with E-state index in [1.54, 1.807) is 0 Å². The van der Waals surface area contributed by atoms with Crippen LogP contribution < -0.4 is 5.73 Å². The van der Waals surface area contributed by atoms with E-state index in [0.29, 0.717) is 17.3 Å². The van der Waals surface area contributed by atoms with E-state index in [9.17, 15) is 4.79 Å². The van der Waals surface area contributed by atoms with Crippen LogP contribution in [0.25, 0.3) is 0 Å². The van der Waals surface area contributed by atoms with Crippen LogP contribution in [0.5, 0.6) is 0 Å². The van der Waals surface area contributed by atoms with Crippen molar-refractivity contribution in [1.29, 1.82) is 0 Å². The molecule has 1 aliphatic rings. The predicted octanol–water partition coefficient (Wildman–Crippen LogP) is 1.56. The number of carbonyl (C=O) groups is 1. The maximum atomic E-state index is 12.3. The predicted molar refractivity (Wildman–Crippen MR) is 66.7 cm³/mol. The van der Waals surface area contributed by atoms with Crippen molar-refractivity contribution in [2.45, 2.75) is 33.1 Å². The van der Waals surface area contributed by atoms with Gasteiger partial charge in [-0.15, -0.1) is 0 Å². The standard InChI is InChI=1S/C12H20N4O/c1-8-4-3-6-16(7-5-8)12(17)11-10(13)9(2)14-15-11/h8H,3-7,13H2,1-2H3,(H,14,15). The van der Waals surface area contributed by atoms with Gasteiger partial charge in [-0.05, 0) is 32.1 Å². The number of nitrogens with one attached hydrogen (secondary N) is 1. The van der Waals surface area contributed by atoms with E-state index in [2.05, 4.69) is 17.1 Å².